The van der Waals surface area contributed by atoms with Crippen molar-refractivity contribution >= 4 is 5.91 Å². The fourth-order valence-corrected chi connectivity index (χ4v) is 2.41. The summed E-state index contributed by atoms with van der Waals surface area (Å²) in [5, 5.41) is 12.5. The first kappa shape index (κ1) is 14.0. The molecule has 1 fully saturated rings. The Labute approximate surface area is 113 Å². The zero-order chi connectivity index (χ0) is 13.7. The molecule has 0 bridgehead atoms. The molecule has 2 rings (SSSR count). The average Bonchev–Trinajstić information content (AvgIpc) is 2.42. The molecule has 0 aliphatic heterocycles. The van der Waals surface area contributed by atoms with Crippen molar-refractivity contribution in [3.8, 4) is 0 Å². The predicted octanol–water partition coefficient (Wildman–Crippen LogP) is 1.87. The maximum Gasteiger partial charge on any atom is 0.251 e. The molecule has 0 spiro atoms. The molecular weight excluding hydrogens is 242 g/mol. The highest BCUT2D eigenvalue weighted by Gasteiger charge is 2.21. The van der Waals surface area contributed by atoms with Crippen molar-refractivity contribution in [2.75, 3.05) is 7.11 Å². The molecule has 0 unspecified atom stereocenters. The van der Waals surface area contributed by atoms with E-state index < -0.39 is 0 Å². The summed E-state index contributed by atoms with van der Waals surface area (Å²) < 4.78 is 5.04. The highest BCUT2D eigenvalue weighted by atomic mass is 16.5. The van der Waals surface area contributed by atoms with Gasteiger partial charge in [0.2, 0.25) is 0 Å². The number of carbonyl (C=O) groups excluding carboxylic acids is 1. The van der Waals surface area contributed by atoms with Crippen molar-refractivity contribution in [3.05, 3.63) is 35.4 Å². The summed E-state index contributed by atoms with van der Waals surface area (Å²) in [5.41, 5.74) is 1.73. The van der Waals surface area contributed by atoms with E-state index in [9.17, 15) is 9.90 Å². The van der Waals surface area contributed by atoms with E-state index in [1.165, 1.54) is 0 Å². The first-order valence-corrected chi connectivity index (χ1v) is 6.76. The number of hydrogen-bond donors (Lipinski definition) is 2. The van der Waals surface area contributed by atoms with Crippen molar-refractivity contribution in [2.24, 2.45) is 0 Å². The van der Waals surface area contributed by atoms with Crippen LogP contribution in [0.3, 0.4) is 0 Å². The lowest BCUT2D eigenvalue weighted by atomic mass is 9.93. The summed E-state index contributed by atoms with van der Waals surface area (Å²) in [4.78, 5) is 12.1. The SMILES string of the molecule is COCc1ccc(C(=O)NC2CCC(O)CC2)cc1. The summed E-state index contributed by atoms with van der Waals surface area (Å²) in [7, 11) is 1.65. The number of benzene rings is 1. The molecule has 0 aromatic heterocycles. The van der Waals surface area contributed by atoms with Gasteiger partial charge in [0.05, 0.1) is 12.7 Å². The Balaban J connectivity index is 1.88. The molecule has 1 aliphatic rings. The third kappa shape index (κ3) is 4.04. The van der Waals surface area contributed by atoms with Gasteiger partial charge in [0.1, 0.15) is 0 Å². The number of methoxy groups -OCH3 is 1. The Morgan fingerprint density at radius 2 is 1.89 bits per heavy atom. The van der Waals surface area contributed by atoms with E-state index in [0.717, 1.165) is 31.2 Å². The lowest BCUT2D eigenvalue weighted by Gasteiger charge is -2.26. The van der Waals surface area contributed by atoms with Crippen molar-refractivity contribution in [2.45, 2.75) is 44.4 Å². The third-order valence-electron chi connectivity index (χ3n) is 3.56. The minimum Gasteiger partial charge on any atom is -0.393 e. The van der Waals surface area contributed by atoms with Crippen LogP contribution in [0.1, 0.15) is 41.6 Å². The molecule has 1 aliphatic carbocycles. The van der Waals surface area contributed by atoms with E-state index in [-0.39, 0.29) is 18.1 Å². The largest absolute Gasteiger partial charge is 0.393 e. The molecule has 0 saturated heterocycles. The van der Waals surface area contributed by atoms with Gasteiger partial charge in [-0.15, -0.1) is 0 Å². The van der Waals surface area contributed by atoms with Crippen LogP contribution in [-0.2, 0) is 11.3 Å². The van der Waals surface area contributed by atoms with Gasteiger partial charge in [-0.3, -0.25) is 4.79 Å². The van der Waals surface area contributed by atoms with Crippen LogP contribution in [0.4, 0.5) is 0 Å². The second-order valence-electron chi connectivity index (χ2n) is 5.11. The molecule has 4 heteroatoms. The lowest BCUT2D eigenvalue weighted by molar-refractivity contribution is 0.0867. The summed E-state index contributed by atoms with van der Waals surface area (Å²) >= 11 is 0. The molecule has 19 heavy (non-hydrogen) atoms. The zero-order valence-corrected chi connectivity index (χ0v) is 11.3. The van der Waals surface area contributed by atoms with Gasteiger partial charge in [-0.25, -0.2) is 0 Å². The molecule has 2 N–H and O–H groups in total. The Morgan fingerprint density at radius 1 is 1.26 bits per heavy atom. The molecule has 1 saturated carbocycles. The topological polar surface area (TPSA) is 58.6 Å². The number of carbonyl (C=O) groups is 1. The van der Waals surface area contributed by atoms with Crippen LogP contribution in [0.5, 0.6) is 0 Å². The molecule has 0 atom stereocenters. The normalized spacial score (nSPS) is 23.1. The van der Waals surface area contributed by atoms with E-state index in [4.69, 9.17) is 4.74 Å². The van der Waals surface area contributed by atoms with Gasteiger partial charge >= 0.3 is 0 Å². The molecular formula is C15H21NO3. The maximum absolute atomic E-state index is 12.1. The summed E-state index contributed by atoms with van der Waals surface area (Å²) in [6.45, 7) is 0.558. The average molecular weight is 263 g/mol. The predicted molar refractivity (Wildman–Crippen MR) is 72.9 cm³/mol. The highest BCUT2D eigenvalue weighted by molar-refractivity contribution is 5.94. The van der Waals surface area contributed by atoms with Crippen molar-refractivity contribution in [1.29, 1.82) is 0 Å². The smallest absolute Gasteiger partial charge is 0.251 e. The van der Waals surface area contributed by atoms with Gasteiger partial charge in [0, 0.05) is 18.7 Å². The number of aliphatic hydroxyl groups is 1. The number of amides is 1. The molecule has 1 amide bonds. The maximum atomic E-state index is 12.1. The standard InChI is InChI=1S/C15H21NO3/c1-19-10-11-2-4-12(5-3-11)15(18)16-13-6-8-14(17)9-7-13/h2-5,13-14,17H,6-10H2,1H3,(H,16,18). The summed E-state index contributed by atoms with van der Waals surface area (Å²) in [6, 6.07) is 7.64. The van der Waals surface area contributed by atoms with Crippen molar-refractivity contribution in [1.82, 2.24) is 5.32 Å². The van der Waals surface area contributed by atoms with Crippen LogP contribution in [0.2, 0.25) is 0 Å². The van der Waals surface area contributed by atoms with Crippen LogP contribution >= 0.6 is 0 Å². The van der Waals surface area contributed by atoms with E-state index in [0.29, 0.717) is 12.2 Å². The van der Waals surface area contributed by atoms with Gasteiger partial charge in [-0.05, 0) is 43.4 Å². The molecule has 104 valence electrons. The Morgan fingerprint density at radius 3 is 2.47 bits per heavy atom. The molecule has 1 aromatic carbocycles. The van der Waals surface area contributed by atoms with E-state index in [2.05, 4.69) is 5.32 Å². The van der Waals surface area contributed by atoms with Crippen LogP contribution in [0, 0.1) is 0 Å². The van der Waals surface area contributed by atoms with E-state index >= 15 is 0 Å². The van der Waals surface area contributed by atoms with Gasteiger partial charge in [-0.2, -0.15) is 0 Å². The Kier molecular flexibility index (Phi) is 4.93. The van der Waals surface area contributed by atoms with Crippen LogP contribution in [-0.4, -0.2) is 30.3 Å². The minimum absolute atomic E-state index is 0.0367. The highest BCUT2D eigenvalue weighted by Crippen LogP contribution is 2.18. The first-order chi connectivity index (χ1) is 9.19. The third-order valence-corrected chi connectivity index (χ3v) is 3.56. The van der Waals surface area contributed by atoms with Crippen LogP contribution < -0.4 is 5.32 Å². The monoisotopic (exact) mass is 263 g/mol. The Bertz CT molecular complexity index is 408. The van der Waals surface area contributed by atoms with Gasteiger partial charge < -0.3 is 15.2 Å². The fraction of sp³-hybridized carbons (Fsp3) is 0.533. The number of aliphatic hydroxyl groups excluding tert-OH is 1. The molecule has 0 heterocycles. The summed E-state index contributed by atoms with van der Waals surface area (Å²) in [5.74, 6) is -0.0367. The van der Waals surface area contributed by atoms with E-state index in [1.54, 1.807) is 7.11 Å². The number of hydrogen-bond acceptors (Lipinski definition) is 3. The van der Waals surface area contributed by atoms with Gasteiger partial charge in [0.15, 0.2) is 0 Å². The second-order valence-corrected chi connectivity index (χ2v) is 5.11. The second kappa shape index (κ2) is 6.68. The van der Waals surface area contributed by atoms with Crippen LogP contribution in [0.25, 0.3) is 0 Å². The number of nitrogens with one attached hydrogen (secondary N) is 1. The summed E-state index contributed by atoms with van der Waals surface area (Å²) in [6.07, 6.45) is 3.07. The number of ether oxygens (including phenoxy) is 1. The Hall–Kier alpha value is -1.39. The minimum atomic E-state index is -0.193. The zero-order valence-electron chi connectivity index (χ0n) is 11.3. The quantitative estimate of drug-likeness (QED) is 0.872. The van der Waals surface area contributed by atoms with E-state index in [1.807, 2.05) is 24.3 Å². The van der Waals surface area contributed by atoms with Crippen molar-refractivity contribution < 1.29 is 14.6 Å². The van der Waals surface area contributed by atoms with Gasteiger partial charge in [0.25, 0.3) is 5.91 Å². The van der Waals surface area contributed by atoms with Crippen molar-refractivity contribution in [3.63, 3.8) is 0 Å². The molecule has 0 radical (unpaired) electrons. The molecule has 1 aromatic rings. The van der Waals surface area contributed by atoms with Gasteiger partial charge in [-0.1, -0.05) is 12.1 Å². The fourth-order valence-electron chi connectivity index (χ4n) is 2.41. The lowest BCUT2D eigenvalue weighted by Crippen LogP contribution is -2.38. The first-order valence-electron chi connectivity index (χ1n) is 6.76. The molecule has 4 nitrogen and oxygen atoms in total. The van der Waals surface area contributed by atoms with Crippen LogP contribution in [0.15, 0.2) is 24.3 Å². The number of rotatable bonds is 4.